The highest BCUT2D eigenvalue weighted by atomic mass is 35.5. The van der Waals surface area contributed by atoms with Crippen molar-refractivity contribution in [2.24, 2.45) is 0 Å². The van der Waals surface area contributed by atoms with Crippen molar-refractivity contribution in [3.63, 3.8) is 0 Å². The van der Waals surface area contributed by atoms with Crippen molar-refractivity contribution < 1.29 is 14.3 Å². The molecule has 1 aromatic heterocycles. The molecule has 0 aliphatic heterocycles. The predicted molar refractivity (Wildman–Crippen MR) is 89.5 cm³/mol. The molecule has 0 spiro atoms. The number of aliphatic hydroxyl groups is 1. The summed E-state index contributed by atoms with van der Waals surface area (Å²) in [4.78, 5) is 15.4. The first-order chi connectivity index (χ1) is 11.0. The molecule has 2 aromatic carbocycles. The lowest BCUT2D eigenvalue weighted by atomic mass is 10.3. The Morgan fingerprint density at radius 1 is 1.17 bits per heavy atom. The van der Waals surface area contributed by atoms with Gasteiger partial charge in [0.25, 0.3) is 6.01 Å². The monoisotopic (exact) mass is 351 g/mol. The number of fused-ring (bicyclic) bond motifs is 1. The van der Waals surface area contributed by atoms with Gasteiger partial charge in [0, 0.05) is 16.4 Å². The number of hydrogen-bond acceptors (Lipinski definition) is 5. The number of carbonyl (C=O) groups excluding carboxylic acids is 1. The van der Waals surface area contributed by atoms with Crippen LogP contribution in [0.25, 0.3) is 11.1 Å². The summed E-state index contributed by atoms with van der Waals surface area (Å²) in [6.45, 7) is -0.563. The molecule has 3 N–H and O–H groups in total. The second-order valence-corrected chi connectivity index (χ2v) is 5.51. The first-order valence-electron chi connectivity index (χ1n) is 6.58. The van der Waals surface area contributed by atoms with Gasteiger partial charge in [0.1, 0.15) is 12.1 Å². The Labute approximate surface area is 141 Å². The quantitative estimate of drug-likeness (QED) is 0.665. The molecule has 0 atom stereocenters. The summed E-state index contributed by atoms with van der Waals surface area (Å²) in [6.07, 6.45) is 0. The van der Waals surface area contributed by atoms with Crippen LogP contribution in [0.4, 0.5) is 17.4 Å². The number of hydrogen-bond donors (Lipinski definition) is 3. The summed E-state index contributed by atoms with van der Waals surface area (Å²) in [5.41, 5.74) is 2.28. The molecule has 23 heavy (non-hydrogen) atoms. The first kappa shape index (κ1) is 15.6. The molecule has 0 saturated heterocycles. The zero-order valence-electron chi connectivity index (χ0n) is 11.6. The van der Waals surface area contributed by atoms with Crippen LogP contribution in [-0.4, -0.2) is 22.6 Å². The molecular formula is C15H11Cl2N3O3. The fourth-order valence-corrected chi connectivity index (χ4v) is 2.50. The minimum absolute atomic E-state index is 0.274. The van der Waals surface area contributed by atoms with E-state index >= 15 is 0 Å². The summed E-state index contributed by atoms with van der Waals surface area (Å²) in [5.74, 6) is -0.476. The standard InChI is InChI=1S/C15H11Cl2N3O3/c16-8-5-11(17)14-12(6-8)20-15(23-14)19-10-3-1-9(2-4-10)18-13(22)7-21/h1-6,21H,7H2,(H,18,22)(H,19,20). The highest BCUT2D eigenvalue weighted by Crippen LogP contribution is 2.31. The summed E-state index contributed by atoms with van der Waals surface area (Å²) >= 11 is 12.0. The van der Waals surface area contributed by atoms with Gasteiger partial charge in [0.2, 0.25) is 5.91 Å². The maximum Gasteiger partial charge on any atom is 0.300 e. The van der Waals surface area contributed by atoms with E-state index in [2.05, 4.69) is 15.6 Å². The molecule has 1 heterocycles. The fraction of sp³-hybridized carbons (Fsp3) is 0.0667. The number of halogens is 2. The normalized spacial score (nSPS) is 10.7. The minimum Gasteiger partial charge on any atom is -0.422 e. The Kier molecular flexibility index (Phi) is 4.38. The maximum absolute atomic E-state index is 11.1. The van der Waals surface area contributed by atoms with E-state index in [0.29, 0.717) is 32.5 Å². The smallest absolute Gasteiger partial charge is 0.300 e. The van der Waals surface area contributed by atoms with Crippen molar-refractivity contribution in [2.75, 3.05) is 17.2 Å². The van der Waals surface area contributed by atoms with Crippen LogP contribution in [0, 0.1) is 0 Å². The molecular weight excluding hydrogens is 341 g/mol. The fourth-order valence-electron chi connectivity index (χ4n) is 1.97. The van der Waals surface area contributed by atoms with Gasteiger partial charge >= 0.3 is 0 Å². The molecule has 0 radical (unpaired) electrons. The molecule has 0 unspecified atom stereocenters. The molecule has 0 bridgehead atoms. The van der Waals surface area contributed by atoms with Gasteiger partial charge in [-0.3, -0.25) is 4.79 Å². The largest absolute Gasteiger partial charge is 0.422 e. The second-order valence-electron chi connectivity index (χ2n) is 4.66. The van der Waals surface area contributed by atoms with Crippen LogP contribution in [0.15, 0.2) is 40.8 Å². The Balaban J connectivity index is 1.79. The van der Waals surface area contributed by atoms with Crippen LogP contribution in [0.3, 0.4) is 0 Å². The topological polar surface area (TPSA) is 87.4 Å². The summed E-state index contributed by atoms with van der Waals surface area (Å²) in [6, 6.07) is 10.3. The van der Waals surface area contributed by atoms with Crippen LogP contribution in [0.5, 0.6) is 0 Å². The van der Waals surface area contributed by atoms with E-state index in [1.165, 1.54) is 0 Å². The third-order valence-electron chi connectivity index (χ3n) is 2.97. The predicted octanol–water partition coefficient (Wildman–Crippen LogP) is 3.81. The van der Waals surface area contributed by atoms with Gasteiger partial charge in [-0.2, -0.15) is 4.98 Å². The SMILES string of the molecule is O=C(CO)Nc1ccc(Nc2nc3cc(Cl)cc(Cl)c3o2)cc1. The van der Waals surface area contributed by atoms with Crippen LogP contribution < -0.4 is 10.6 Å². The van der Waals surface area contributed by atoms with Gasteiger partial charge in [-0.15, -0.1) is 0 Å². The molecule has 3 rings (SSSR count). The van der Waals surface area contributed by atoms with Gasteiger partial charge < -0.3 is 20.2 Å². The van der Waals surface area contributed by atoms with E-state index in [1.54, 1.807) is 36.4 Å². The van der Waals surface area contributed by atoms with Gasteiger partial charge in [-0.25, -0.2) is 0 Å². The van der Waals surface area contributed by atoms with E-state index in [1.807, 2.05) is 0 Å². The number of nitrogens with one attached hydrogen (secondary N) is 2. The highest BCUT2D eigenvalue weighted by Gasteiger charge is 2.11. The molecule has 0 aliphatic rings. The molecule has 0 aliphatic carbocycles. The van der Waals surface area contributed by atoms with Crippen LogP contribution in [-0.2, 0) is 4.79 Å². The molecule has 8 heteroatoms. The number of carbonyl (C=O) groups is 1. The van der Waals surface area contributed by atoms with Crippen molar-refractivity contribution in [3.05, 3.63) is 46.4 Å². The molecule has 0 fully saturated rings. The number of amides is 1. The van der Waals surface area contributed by atoms with Crippen molar-refractivity contribution in [1.29, 1.82) is 0 Å². The number of aromatic nitrogens is 1. The summed E-state index contributed by atoms with van der Waals surface area (Å²) < 4.78 is 5.55. The lowest BCUT2D eigenvalue weighted by Gasteiger charge is -2.05. The molecule has 0 saturated carbocycles. The molecule has 118 valence electrons. The van der Waals surface area contributed by atoms with Crippen molar-refractivity contribution >= 4 is 57.6 Å². The number of aliphatic hydroxyl groups excluding tert-OH is 1. The Bertz CT molecular complexity index is 862. The van der Waals surface area contributed by atoms with E-state index in [9.17, 15) is 4.79 Å². The molecule has 1 amide bonds. The maximum atomic E-state index is 11.1. The van der Waals surface area contributed by atoms with E-state index < -0.39 is 12.5 Å². The van der Waals surface area contributed by atoms with E-state index in [0.717, 1.165) is 0 Å². The zero-order valence-corrected chi connectivity index (χ0v) is 13.1. The van der Waals surface area contributed by atoms with Gasteiger partial charge in [-0.1, -0.05) is 23.2 Å². The Morgan fingerprint density at radius 2 is 1.87 bits per heavy atom. The first-order valence-corrected chi connectivity index (χ1v) is 7.34. The van der Waals surface area contributed by atoms with Crippen LogP contribution in [0.2, 0.25) is 10.0 Å². The average molecular weight is 352 g/mol. The number of anilines is 3. The average Bonchev–Trinajstić information content (AvgIpc) is 2.92. The third-order valence-corrected chi connectivity index (χ3v) is 3.47. The summed E-state index contributed by atoms with van der Waals surface area (Å²) in [5, 5.41) is 15.1. The Morgan fingerprint density at radius 3 is 2.57 bits per heavy atom. The zero-order chi connectivity index (χ0) is 16.4. The van der Waals surface area contributed by atoms with E-state index in [4.69, 9.17) is 32.7 Å². The van der Waals surface area contributed by atoms with Gasteiger partial charge in [0.15, 0.2) is 5.58 Å². The van der Waals surface area contributed by atoms with Crippen LogP contribution >= 0.6 is 23.2 Å². The highest BCUT2D eigenvalue weighted by molar-refractivity contribution is 6.38. The second kappa shape index (κ2) is 6.45. The van der Waals surface area contributed by atoms with Crippen molar-refractivity contribution in [2.45, 2.75) is 0 Å². The van der Waals surface area contributed by atoms with E-state index in [-0.39, 0.29) is 6.01 Å². The van der Waals surface area contributed by atoms with Crippen LogP contribution in [0.1, 0.15) is 0 Å². The summed E-state index contributed by atoms with van der Waals surface area (Å²) in [7, 11) is 0. The van der Waals surface area contributed by atoms with Crippen molar-refractivity contribution in [1.82, 2.24) is 4.98 Å². The molecule has 3 aromatic rings. The van der Waals surface area contributed by atoms with Gasteiger partial charge in [0.05, 0.1) is 5.02 Å². The number of oxazole rings is 1. The lowest BCUT2D eigenvalue weighted by Crippen LogP contribution is -2.15. The van der Waals surface area contributed by atoms with Crippen molar-refractivity contribution in [3.8, 4) is 0 Å². The minimum atomic E-state index is -0.563. The number of rotatable bonds is 4. The number of nitrogens with zero attached hydrogens (tertiary/aromatic N) is 1. The van der Waals surface area contributed by atoms with Gasteiger partial charge in [-0.05, 0) is 36.4 Å². The Hall–Kier alpha value is -2.28. The third kappa shape index (κ3) is 3.56. The number of benzene rings is 2. The lowest BCUT2D eigenvalue weighted by molar-refractivity contribution is -0.118. The molecule has 6 nitrogen and oxygen atoms in total.